The van der Waals surface area contributed by atoms with Crippen molar-refractivity contribution in [2.75, 3.05) is 25.2 Å². The molecular formula is C23H20ClFN4O2. The Kier molecular flexibility index (Phi) is 4.30. The first-order valence-corrected chi connectivity index (χ1v) is 10.7. The van der Waals surface area contributed by atoms with Gasteiger partial charge in [-0.15, -0.1) is 10.2 Å². The molecule has 158 valence electrons. The average molecular weight is 439 g/mol. The van der Waals surface area contributed by atoms with Crippen molar-refractivity contribution in [1.29, 1.82) is 0 Å². The van der Waals surface area contributed by atoms with Gasteiger partial charge in [-0.05, 0) is 54.4 Å². The maximum atomic E-state index is 13.6. The van der Waals surface area contributed by atoms with Gasteiger partial charge >= 0.3 is 0 Å². The summed E-state index contributed by atoms with van der Waals surface area (Å²) in [6.45, 7) is 2.22. The number of ether oxygens (including phenoxy) is 2. The smallest absolute Gasteiger partial charge is 0.231 e. The molecule has 3 atom stereocenters. The fraction of sp³-hybridized carbons (Fsp3) is 0.304. The van der Waals surface area contributed by atoms with Crippen molar-refractivity contribution in [3.8, 4) is 22.8 Å². The molecule has 8 heteroatoms. The van der Waals surface area contributed by atoms with E-state index in [4.69, 9.17) is 21.1 Å². The Labute approximate surface area is 183 Å². The minimum Gasteiger partial charge on any atom is -0.454 e. The van der Waals surface area contributed by atoms with Crippen LogP contribution in [-0.2, 0) is 6.42 Å². The summed E-state index contributed by atoms with van der Waals surface area (Å²) in [6.07, 6.45) is 0.948. The van der Waals surface area contributed by atoms with Gasteiger partial charge in [0.1, 0.15) is 11.6 Å². The van der Waals surface area contributed by atoms with E-state index in [1.54, 1.807) is 0 Å². The Morgan fingerprint density at radius 2 is 2.00 bits per heavy atom. The average Bonchev–Trinajstić information content (AvgIpc) is 3.14. The normalized spacial score (nSPS) is 25.4. The van der Waals surface area contributed by atoms with Crippen molar-refractivity contribution < 1.29 is 13.9 Å². The lowest BCUT2D eigenvalue weighted by Gasteiger charge is -2.17. The fourth-order valence-electron chi connectivity index (χ4n) is 4.98. The molecule has 31 heavy (non-hydrogen) atoms. The third-order valence-corrected chi connectivity index (χ3v) is 6.94. The molecule has 0 radical (unpaired) electrons. The highest BCUT2D eigenvalue weighted by molar-refractivity contribution is 6.33. The zero-order valence-corrected chi connectivity index (χ0v) is 17.3. The van der Waals surface area contributed by atoms with Crippen molar-refractivity contribution in [3.63, 3.8) is 0 Å². The van der Waals surface area contributed by atoms with Crippen molar-refractivity contribution in [2.24, 2.45) is 11.3 Å². The highest BCUT2D eigenvalue weighted by atomic mass is 35.5. The lowest BCUT2D eigenvalue weighted by Crippen LogP contribution is -2.28. The van der Waals surface area contributed by atoms with Gasteiger partial charge in [0.15, 0.2) is 11.5 Å². The molecule has 0 bridgehead atoms. The Morgan fingerprint density at radius 1 is 1.10 bits per heavy atom. The standard InChI is InChI=1S/C23H20ClFN4O2/c24-17-3-2-14(25)8-15(17)18-4-6-21(29-28-18)27-22-16-10-26-11-23(16,22)9-13-1-5-19-20(7-13)31-12-30-19/h1-8,16,22,26H,9-12H2,(H,27,29). The zero-order valence-electron chi connectivity index (χ0n) is 16.6. The monoisotopic (exact) mass is 438 g/mol. The van der Waals surface area contributed by atoms with Crippen molar-refractivity contribution in [2.45, 2.75) is 12.5 Å². The predicted octanol–water partition coefficient (Wildman–Crippen LogP) is 3.91. The first kappa shape index (κ1) is 18.8. The van der Waals surface area contributed by atoms with E-state index in [-0.39, 0.29) is 18.0 Å². The molecule has 2 aliphatic heterocycles. The highest BCUT2D eigenvalue weighted by Crippen LogP contribution is 2.58. The van der Waals surface area contributed by atoms with Crippen LogP contribution in [0.2, 0.25) is 5.02 Å². The molecule has 3 unspecified atom stereocenters. The Hall–Kier alpha value is -2.90. The molecule has 6 rings (SSSR count). The van der Waals surface area contributed by atoms with Gasteiger partial charge in [-0.2, -0.15) is 0 Å². The number of fused-ring (bicyclic) bond motifs is 2. The number of hydrogen-bond donors (Lipinski definition) is 2. The van der Waals surface area contributed by atoms with E-state index in [1.807, 2.05) is 18.2 Å². The van der Waals surface area contributed by atoms with Crippen LogP contribution >= 0.6 is 11.6 Å². The van der Waals surface area contributed by atoms with Crippen LogP contribution in [0.1, 0.15) is 5.56 Å². The number of nitrogens with zero attached hydrogens (tertiary/aromatic N) is 2. The highest BCUT2D eigenvalue weighted by Gasteiger charge is 2.66. The van der Waals surface area contributed by atoms with Crippen LogP contribution in [0.15, 0.2) is 48.5 Å². The summed E-state index contributed by atoms with van der Waals surface area (Å²) < 4.78 is 24.5. The molecule has 1 aromatic heterocycles. The molecule has 2 aromatic carbocycles. The van der Waals surface area contributed by atoms with Gasteiger partial charge in [0.2, 0.25) is 6.79 Å². The van der Waals surface area contributed by atoms with E-state index in [2.05, 4.69) is 33.0 Å². The van der Waals surface area contributed by atoms with Crippen LogP contribution in [0, 0.1) is 17.2 Å². The molecule has 3 aliphatic rings. The van der Waals surface area contributed by atoms with Gasteiger partial charge < -0.3 is 20.1 Å². The lowest BCUT2D eigenvalue weighted by molar-refractivity contribution is 0.174. The second-order valence-corrected chi connectivity index (χ2v) is 8.79. The van der Waals surface area contributed by atoms with E-state index >= 15 is 0 Å². The van der Waals surface area contributed by atoms with Gasteiger partial charge in [0, 0.05) is 36.0 Å². The number of piperidine rings is 1. The Morgan fingerprint density at radius 3 is 2.87 bits per heavy atom. The SMILES string of the molecule is Fc1ccc(Cl)c(-c2ccc(NC3C4CNCC43Cc3ccc4c(c3)OCO4)nn2)c1. The van der Waals surface area contributed by atoms with Crippen molar-refractivity contribution in [3.05, 3.63) is 64.9 Å². The Bertz CT molecular complexity index is 1160. The van der Waals surface area contributed by atoms with Crippen molar-refractivity contribution in [1.82, 2.24) is 15.5 Å². The van der Waals surface area contributed by atoms with Gasteiger partial charge in [0.25, 0.3) is 0 Å². The second-order valence-electron chi connectivity index (χ2n) is 8.38. The van der Waals surface area contributed by atoms with E-state index in [0.717, 1.165) is 31.0 Å². The summed E-state index contributed by atoms with van der Waals surface area (Å²) in [4.78, 5) is 0. The first-order chi connectivity index (χ1) is 15.1. The summed E-state index contributed by atoms with van der Waals surface area (Å²) in [6, 6.07) is 14.4. The molecule has 0 amide bonds. The number of benzene rings is 2. The van der Waals surface area contributed by atoms with Crippen molar-refractivity contribution >= 4 is 17.4 Å². The summed E-state index contributed by atoms with van der Waals surface area (Å²) in [5.41, 5.74) is 2.46. The van der Waals surface area contributed by atoms with Crippen LogP contribution in [0.4, 0.5) is 10.2 Å². The van der Waals surface area contributed by atoms with E-state index in [0.29, 0.717) is 34.1 Å². The van der Waals surface area contributed by atoms with Gasteiger partial charge in [-0.25, -0.2) is 4.39 Å². The van der Waals surface area contributed by atoms with E-state index in [1.165, 1.54) is 23.8 Å². The summed E-state index contributed by atoms with van der Waals surface area (Å²) in [7, 11) is 0. The predicted molar refractivity (Wildman–Crippen MR) is 115 cm³/mol. The van der Waals surface area contributed by atoms with E-state index in [9.17, 15) is 4.39 Å². The number of hydrogen-bond acceptors (Lipinski definition) is 6. The maximum absolute atomic E-state index is 13.6. The maximum Gasteiger partial charge on any atom is 0.231 e. The van der Waals surface area contributed by atoms with Gasteiger partial charge in [0.05, 0.1) is 10.7 Å². The summed E-state index contributed by atoms with van der Waals surface area (Å²) in [5.74, 6) is 2.51. The molecule has 6 nitrogen and oxygen atoms in total. The molecular weight excluding hydrogens is 419 g/mol. The zero-order chi connectivity index (χ0) is 21.0. The number of aromatic nitrogens is 2. The van der Waals surface area contributed by atoms with E-state index < -0.39 is 0 Å². The number of rotatable bonds is 5. The first-order valence-electron chi connectivity index (χ1n) is 10.3. The Balaban J connectivity index is 1.19. The third kappa shape index (κ3) is 3.20. The number of halogens is 2. The topological polar surface area (TPSA) is 68.3 Å². The number of nitrogens with one attached hydrogen (secondary N) is 2. The van der Waals surface area contributed by atoms with Crippen LogP contribution in [0.3, 0.4) is 0 Å². The van der Waals surface area contributed by atoms with Gasteiger partial charge in [-0.1, -0.05) is 17.7 Å². The van der Waals surface area contributed by atoms with Crippen LogP contribution in [0.25, 0.3) is 11.3 Å². The second kappa shape index (κ2) is 7.07. The van der Waals surface area contributed by atoms with Gasteiger partial charge in [-0.3, -0.25) is 0 Å². The number of anilines is 1. The molecule has 3 heterocycles. The molecule has 2 fully saturated rings. The largest absolute Gasteiger partial charge is 0.454 e. The van der Waals surface area contributed by atoms with Crippen LogP contribution in [0.5, 0.6) is 11.5 Å². The molecule has 1 saturated carbocycles. The molecule has 0 spiro atoms. The quantitative estimate of drug-likeness (QED) is 0.629. The minimum absolute atomic E-state index is 0.139. The molecule has 3 aromatic rings. The van der Waals surface area contributed by atoms with Crippen LogP contribution < -0.4 is 20.1 Å². The molecule has 2 N–H and O–H groups in total. The summed E-state index contributed by atoms with van der Waals surface area (Å²) in [5, 5.41) is 16.1. The fourth-order valence-corrected chi connectivity index (χ4v) is 5.20. The lowest BCUT2D eigenvalue weighted by atomic mass is 9.94. The molecule has 1 saturated heterocycles. The third-order valence-electron chi connectivity index (χ3n) is 6.61. The summed E-state index contributed by atoms with van der Waals surface area (Å²) >= 11 is 6.19. The minimum atomic E-state index is -0.354. The molecule has 1 aliphatic carbocycles. The van der Waals surface area contributed by atoms with Crippen LogP contribution in [-0.4, -0.2) is 36.1 Å².